The number of fused-ring (bicyclic) bond motifs is 3. The monoisotopic (exact) mass is 748 g/mol. The van der Waals surface area contributed by atoms with Crippen molar-refractivity contribution in [1.82, 2.24) is 21.3 Å². The summed E-state index contributed by atoms with van der Waals surface area (Å²) in [6, 6.07) is 16.2. The van der Waals surface area contributed by atoms with Crippen LogP contribution in [0.15, 0.2) is 48.5 Å². The fourth-order valence-electron chi connectivity index (χ4n) is 6.03. The lowest BCUT2D eigenvalue weighted by molar-refractivity contribution is -0.156. The molecule has 0 radical (unpaired) electrons. The van der Waals surface area contributed by atoms with Crippen LogP contribution < -0.4 is 21.3 Å². The molecule has 0 saturated heterocycles. The Bertz CT molecular complexity index is 1650. The quantitative estimate of drug-likeness (QED) is 0.0857. The van der Waals surface area contributed by atoms with E-state index in [1.807, 2.05) is 48.5 Å². The van der Waals surface area contributed by atoms with Gasteiger partial charge in [0.1, 0.15) is 38.9 Å². The van der Waals surface area contributed by atoms with Crippen molar-refractivity contribution in [3.05, 3.63) is 59.7 Å². The zero-order valence-corrected chi connectivity index (χ0v) is 32.7. The minimum atomic E-state index is -1.79. The molecule has 14 heteroatoms. The summed E-state index contributed by atoms with van der Waals surface area (Å²) in [4.78, 5) is 76.6. The number of ether oxygens (including phenoxy) is 3. The van der Waals surface area contributed by atoms with E-state index in [2.05, 4.69) is 53.5 Å². The molecule has 3 rings (SSSR count). The van der Waals surface area contributed by atoms with Gasteiger partial charge in [0, 0.05) is 12.3 Å². The molecule has 13 nitrogen and oxygen atoms in total. The zero-order chi connectivity index (χ0) is 39.2. The number of methoxy groups -OCH3 is 1. The lowest BCUT2D eigenvalue weighted by Crippen LogP contribution is -2.53. The summed E-state index contributed by atoms with van der Waals surface area (Å²) < 4.78 is 15.6. The second kappa shape index (κ2) is 19.6. The van der Waals surface area contributed by atoms with Crippen LogP contribution in [0.2, 0.25) is 18.1 Å². The Hall–Kier alpha value is -5.16. The van der Waals surface area contributed by atoms with E-state index in [1.54, 1.807) is 20.8 Å². The van der Waals surface area contributed by atoms with Crippen LogP contribution in [0.1, 0.15) is 71.4 Å². The third-order valence-electron chi connectivity index (χ3n) is 9.11. The largest absolute Gasteiger partial charge is 0.467 e. The van der Waals surface area contributed by atoms with Gasteiger partial charge < -0.3 is 35.5 Å². The van der Waals surface area contributed by atoms with E-state index in [9.17, 15) is 28.8 Å². The minimum absolute atomic E-state index is 0.0368. The maximum absolute atomic E-state index is 13.2. The standard InChI is InChI=1S/C39H52N4O9Si/c1-8-53(9-2,10-3)21-15-20-31(37(48)50-7)42-33(44)23-40-36(47)32(22-35(46)52-39(4,5)6)43-34(45)24-41-38(49)51-25-30-28-18-13-11-16-26(28)27-17-12-14-19-29(27)30/h11-14,16-19,30-32H,8-10,20,22-25H2,1-7H3,(H,40,47)(H,41,49)(H,42,44)(H,43,45)/t31-,32-/m0/s1. The highest BCUT2D eigenvalue weighted by atomic mass is 28.3. The number of esters is 2. The number of hydrogen-bond donors (Lipinski definition) is 4. The van der Waals surface area contributed by atoms with E-state index in [1.165, 1.54) is 7.11 Å². The van der Waals surface area contributed by atoms with E-state index in [-0.39, 0.29) is 18.9 Å². The number of hydrogen-bond acceptors (Lipinski definition) is 9. The zero-order valence-electron chi connectivity index (χ0n) is 31.7. The Balaban J connectivity index is 1.58. The highest BCUT2D eigenvalue weighted by molar-refractivity contribution is 6.87. The van der Waals surface area contributed by atoms with Crippen molar-refractivity contribution in [2.45, 2.75) is 96.1 Å². The second-order valence-corrected chi connectivity index (χ2v) is 18.7. The predicted molar refractivity (Wildman–Crippen MR) is 202 cm³/mol. The number of rotatable bonds is 16. The fraction of sp³-hybridized carbons (Fsp3) is 0.487. The normalized spacial score (nSPS) is 13.1. The molecule has 0 bridgehead atoms. The van der Waals surface area contributed by atoms with Crippen LogP contribution in [0.25, 0.3) is 11.1 Å². The van der Waals surface area contributed by atoms with Crippen LogP contribution >= 0.6 is 0 Å². The summed E-state index contributed by atoms with van der Waals surface area (Å²) in [5.74, 6) is -0.935. The highest BCUT2D eigenvalue weighted by Crippen LogP contribution is 2.44. The molecular formula is C39H52N4O9Si. The van der Waals surface area contributed by atoms with Crippen molar-refractivity contribution >= 4 is 43.8 Å². The van der Waals surface area contributed by atoms with Gasteiger partial charge in [0.05, 0.1) is 20.1 Å². The summed E-state index contributed by atoms with van der Waals surface area (Å²) in [5, 5.41) is 9.72. The topological polar surface area (TPSA) is 178 Å². The number of nitrogens with one attached hydrogen (secondary N) is 4. The molecule has 2 aromatic carbocycles. The smallest absolute Gasteiger partial charge is 0.407 e. The molecule has 0 unspecified atom stereocenters. The molecule has 53 heavy (non-hydrogen) atoms. The van der Waals surface area contributed by atoms with Gasteiger partial charge in [-0.25, -0.2) is 9.59 Å². The van der Waals surface area contributed by atoms with Crippen LogP contribution in [0, 0.1) is 11.5 Å². The summed E-state index contributed by atoms with van der Waals surface area (Å²) in [6.45, 7) is 10.2. The Labute approximate surface area is 312 Å². The lowest BCUT2D eigenvalue weighted by Gasteiger charge is -2.23. The lowest BCUT2D eigenvalue weighted by atomic mass is 9.98. The summed E-state index contributed by atoms with van der Waals surface area (Å²) >= 11 is 0. The van der Waals surface area contributed by atoms with Gasteiger partial charge in [-0.2, -0.15) is 0 Å². The molecule has 4 amide bonds. The molecule has 0 saturated carbocycles. The SMILES string of the molecule is CC[Si](C#CC[C@H](NC(=O)CNC(=O)[C@H](CC(=O)OC(C)(C)C)NC(=O)CNC(=O)OCC1c2ccccc2-c2ccccc21)C(=O)OC)(CC)CC. The van der Waals surface area contributed by atoms with Crippen molar-refractivity contribution in [3.8, 4) is 22.6 Å². The van der Waals surface area contributed by atoms with E-state index in [0.717, 1.165) is 40.4 Å². The third kappa shape index (κ3) is 12.5. The molecule has 1 aliphatic rings. The average Bonchev–Trinajstić information content (AvgIpc) is 3.45. The van der Waals surface area contributed by atoms with Crippen molar-refractivity contribution in [3.63, 3.8) is 0 Å². The molecule has 2 atom stereocenters. The molecule has 2 aromatic rings. The number of benzene rings is 2. The van der Waals surface area contributed by atoms with Gasteiger partial charge in [0.25, 0.3) is 0 Å². The van der Waals surface area contributed by atoms with Crippen LogP contribution in [0.4, 0.5) is 4.79 Å². The van der Waals surface area contributed by atoms with Crippen molar-refractivity contribution < 1.29 is 43.0 Å². The Morgan fingerprint density at radius 1 is 0.792 bits per heavy atom. The van der Waals surface area contributed by atoms with Crippen LogP contribution in [-0.2, 0) is 38.2 Å². The number of alkyl carbamates (subject to hydrolysis) is 1. The van der Waals surface area contributed by atoms with E-state index in [0.29, 0.717) is 0 Å². The van der Waals surface area contributed by atoms with Gasteiger partial charge in [0.2, 0.25) is 17.7 Å². The van der Waals surface area contributed by atoms with Gasteiger partial charge >= 0.3 is 18.0 Å². The molecule has 0 aliphatic heterocycles. The summed E-state index contributed by atoms with van der Waals surface area (Å²) in [7, 11) is -0.585. The summed E-state index contributed by atoms with van der Waals surface area (Å²) in [5.41, 5.74) is 6.70. The first-order valence-corrected chi connectivity index (χ1v) is 20.5. The van der Waals surface area contributed by atoms with E-state index >= 15 is 0 Å². The molecule has 0 aromatic heterocycles. The molecule has 286 valence electrons. The average molecular weight is 749 g/mol. The van der Waals surface area contributed by atoms with Crippen molar-refractivity contribution in [2.24, 2.45) is 0 Å². The molecule has 0 fully saturated rings. The summed E-state index contributed by atoms with van der Waals surface area (Å²) in [6.07, 6.45) is -1.36. The minimum Gasteiger partial charge on any atom is -0.467 e. The second-order valence-electron chi connectivity index (χ2n) is 13.8. The predicted octanol–water partition coefficient (Wildman–Crippen LogP) is 3.96. The van der Waals surface area contributed by atoms with Crippen LogP contribution in [0.5, 0.6) is 0 Å². The number of carbonyl (C=O) groups is 6. The highest BCUT2D eigenvalue weighted by Gasteiger charge is 2.31. The van der Waals surface area contributed by atoms with Crippen molar-refractivity contribution in [1.29, 1.82) is 0 Å². The van der Waals surface area contributed by atoms with Gasteiger partial charge in [-0.3, -0.25) is 19.2 Å². The molecule has 4 N–H and O–H groups in total. The first-order valence-electron chi connectivity index (χ1n) is 17.9. The molecular weight excluding hydrogens is 697 g/mol. The number of carbonyl (C=O) groups excluding carboxylic acids is 6. The molecule has 1 aliphatic carbocycles. The van der Waals surface area contributed by atoms with Crippen LogP contribution in [-0.4, -0.2) is 88.3 Å². The van der Waals surface area contributed by atoms with Crippen molar-refractivity contribution in [2.75, 3.05) is 26.8 Å². The van der Waals surface area contributed by atoms with Gasteiger partial charge in [-0.1, -0.05) is 69.3 Å². The Kier molecular flexibility index (Phi) is 15.6. The third-order valence-corrected chi connectivity index (χ3v) is 13.9. The van der Waals surface area contributed by atoms with Crippen LogP contribution in [0.3, 0.4) is 0 Å². The van der Waals surface area contributed by atoms with E-state index in [4.69, 9.17) is 14.2 Å². The fourth-order valence-corrected chi connectivity index (χ4v) is 8.54. The molecule has 0 heterocycles. The maximum Gasteiger partial charge on any atom is 0.407 e. The maximum atomic E-state index is 13.2. The molecule has 0 spiro atoms. The number of amides is 4. The van der Waals surface area contributed by atoms with Gasteiger partial charge in [-0.15, -0.1) is 11.5 Å². The first-order chi connectivity index (χ1) is 25.2. The Morgan fingerprint density at radius 2 is 1.32 bits per heavy atom. The Morgan fingerprint density at radius 3 is 1.85 bits per heavy atom. The van der Waals surface area contributed by atoms with E-state index < -0.39 is 81.0 Å². The first kappa shape index (κ1) is 42.3. The van der Waals surface area contributed by atoms with Gasteiger partial charge in [0.15, 0.2) is 0 Å². The van der Waals surface area contributed by atoms with Gasteiger partial charge in [-0.05, 0) is 61.2 Å².